The van der Waals surface area contributed by atoms with Crippen LogP contribution in [0.4, 0.5) is 0 Å². The molecule has 1 heterocycles. The van der Waals surface area contributed by atoms with E-state index in [1.165, 1.54) is 16.7 Å². The van der Waals surface area contributed by atoms with Crippen LogP contribution in [0.5, 0.6) is 5.75 Å². The quantitative estimate of drug-likeness (QED) is 0.505. The molecule has 3 aromatic rings. The zero-order chi connectivity index (χ0) is 23.4. The first-order valence-corrected chi connectivity index (χ1v) is 12.3. The highest BCUT2D eigenvalue weighted by Gasteiger charge is 2.24. The Hall–Kier alpha value is -2.79. The van der Waals surface area contributed by atoms with Crippen molar-refractivity contribution in [3.63, 3.8) is 0 Å². The van der Waals surface area contributed by atoms with E-state index < -0.39 is 0 Å². The van der Waals surface area contributed by atoms with Gasteiger partial charge in [0.2, 0.25) is 0 Å². The predicted molar refractivity (Wildman–Crippen MR) is 133 cm³/mol. The average molecular weight is 462 g/mol. The van der Waals surface area contributed by atoms with Gasteiger partial charge in [0.15, 0.2) is 0 Å². The molecule has 7 heteroatoms. The summed E-state index contributed by atoms with van der Waals surface area (Å²) in [7, 11) is 4.21. The summed E-state index contributed by atoms with van der Waals surface area (Å²) in [6, 6.07) is 14.8. The second-order valence-electron chi connectivity index (χ2n) is 8.98. The smallest absolute Gasteiger partial charge is 0.148 e. The first-order chi connectivity index (χ1) is 16.0. The van der Waals surface area contributed by atoms with Crippen LogP contribution in [0.3, 0.4) is 0 Å². The topological polar surface area (TPSA) is 74.1 Å². The van der Waals surface area contributed by atoms with E-state index in [-0.39, 0.29) is 6.10 Å². The van der Waals surface area contributed by atoms with Crippen LogP contribution < -0.4 is 10.1 Å². The van der Waals surface area contributed by atoms with E-state index in [4.69, 9.17) is 4.74 Å². The molecule has 0 unspecified atom stereocenters. The van der Waals surface area contributed by atoms with Gasteiger partial charge >= 0.3 is 0 Å². The first kappa shape index (κ1) is 23.4. The number of nitrogens with one attached hydrogen (secondary N) is 1. The van der Waals surface area contributed by atoms with Gasteiger partial charge in [0.25, 0.3) is 0 Å². The third kappa shape index (κ3) is 5.41. The molecule has 172 valence electrons. The largest absolute Gasteiger partial charge is 0.490 e. The molecule has 0 aliphatic heterocycles. The van der Waals surface area contributed by atoms with Gasteiger partial charge in [0.1, 0.15) is 21.8 Å². The minimum Gasteiger partial charge on any atom is -0.490 e. The Balaban J connectivity index is 1.60. The molecule has 4 rings (SSSR count). The van der Waals surface area contributed by atoms with Crippen LogP contribution >= 0.6 is 11.3 Å². The molecule has 0 fully saturated rings. The van der Waals surface area contributed by atoms with Crippen molar-refractivity contribution >= 4 is 11.3 Å². The SMILES string of the molecule is CC(C)Oc1ccc(-c2nnc(-c3cccc4c3CCC[C@H]4NCCN(C)C)s2)cc1C#N. The molecule has 1 N–H and O–H groups in total. The summed E-state index contributed by atoms with van der Waals surface area (Å²) >= 11 is 1.57. The zero-order valence-corrected chi connectivity index (χ0v) is 20.6. The molecule has 1 aliphatic carbocycles. The van der Waals surface area contributed by atoms with Crippen molar-refractivity contribution in [2.75, 3.05) is 27.2 Å². The lowest BCUT2D eigenvalue weighted by atomic mass is 9.85. The summed E-state index contributed by atoms with van der Waals surface area (Å²) < 4.78 is 5.75. The maximum absolute atomic E-state index is 9.56. The molecule has 33 heavy (non-hydrogen) atoms. The van der Waals surface area contributed by atoms with E-state index in [0.717, 1.165) is 47.9 Å². The summed E-state index contributed by atoms with van der Waals surface area (Å²) in [4.78, 5) is 2.20. The highest BCUT2D eigenvalue weighted by molar-refractivity contribution is 7.17. The lowest BCUT2D eigenvalue weighted by Crippen LogP contribution is -2.31. The molecule has 0 saturated heterocycles. The third-order valence-corrected chi connectivity index (χ3v) is 6.83. The van der Waals surface area contributed by atoms with Crippen LogP contribution in [0, 0.1) is 11.3 Å². The molecule has 1 aliphatic rings. The van der Waals surface area contributed by atoms with Gasteiger partial charge in [-0.3, -0.25) is 0 Å². The first-order valence-electron chi connectivity index (χ1n) is 11.5. The van der Waals surface area contributed by atoms with Gasteiger partial charge in [-0.05, 0) is 76.5 Å². The molecular weight excluding hydrogens is 430 g/mol. The van der Waals surface area contributed by atoms with Gasteiger partial charge in [0.05, 0.1) is 11.7 Å². The summed E-state index contributed by atoms with van der Waals surface area (Å²) in [5.41, 5.74) is 5.35. The van der Waals surface area contributed by atoms with Crippen molar-refractivity contribution in [2.45, 2.75) is 45.3 Å². The van der Waals surface area contributed by atoms with Gasteiger partial charge in [-0.1, -0.05) is 29.5 Å². The van der Waals surface area contributed by atoms with Crippen molar-refractivity contribution in [3.05, 3.63) is 53.1 Å². The van der Waals surface area contributed by atoms with Crippen LogP contribution in [0.25, 0.3) is 21.1 Å². The van der Waals surface area contributed by atoms with Gasteiger partial charge in [-0.15, -0.1) is 10.2 Å². The predicted octanol–water partition coefficient (Wildman–Crippen LogP) is 5.06. The molecule has 1 atom stereocenters. The molecule has 2 aromatic carbocycles. The standard InChI is InChI=1S/C26H31N5OS/c1-17(2)32-24-12-11-18(15-19(24)16-27)25-29-30-26(33-25)22-9-5-8-21-20(22)7-6-10-23(21)28-13-14-31(3)4/h5,8-9,11-12,15,17,23,28H,6-7,10,13-14H2,1-4H3/t23-/m1/s1. The summed E-state index contributed by atoms with van der Waals surface area (Å²) in [5.74, 6) is 0.603. The van der Waals surface area contributed by atoms with Crippen molar-refractivity contribution in [3.8, 4) is 33.0 Å². The number of nitrogens with zero attached hydrogens (tertiary/aromatic N) is 4. The number of rotatable bonds is 8. The number of benzene rings is 2. The minimum absolute atomic E-state index is 0.0153. The number of hydrogen-bond acceptors (Lipinski definition) is 7. The zero-order valence-electron chi connectivity index (χ0n) is 19.8. The molecule has 6 nitrogen and oxygen atoms in total. The second-order valence-corrected chi connectivity index (χ2v) is 9.95. The van der Waals surface area contributed by atoms with Crippen LogP contribution in [-0.2, 0) is 6.42 Å². The maximum atomic E-state index is 9.56. The Morgan fingerprint density at radius 2 is 2.03 bits per heavy atom. The van der Waals surface area contributed by atoms with E-state index in [0.29, 0.717) is 17.4 Å². The molecule has 0 radical (unpaired) electrons. The highest BCUT2D eigenvalue weighted by atomic mass is 32.1. The van der Waals surface area contributed by atoms with E-state index in [2.05, 4.69) is 58.8 Å². The average Bonchev–Trinajstić information content (AvgIpc) is 3.28. The molecule has 0 spiro atoms. The van der Waals surface area contributed by atoms with E-state index in [1.54, 1.807) is 11.3 Å². The fraction of sp³-hybridized carbons (Fsp3) is 0.423. The van der Waals surface area contributed by atoms with Gasteiger partial charge < -0.3 is 15.0 Å². The number of hydrogen-bond donors (Lipinski definition) is 1. The molecule has 1 aromatic heterocycles. The lowest BCUT2D eigenvalue weighted by molar-refractivity contribution is 0.242. The van der Waals surface area contributed by atoms with Crippen molar-refractivity contribution < 1.29 is 4.74 Å². The van der Waals surface area contributed by atoms with Gasteiger partial charge in [0, 0.05) is 30.3 Å². The van der Waals surface area contributed by atoms with Crippen LogP contribution in [-0.4, -0.2) is 48.4 Å². The Morgan fingerprint density at radius 1 is 1.21 bits per heavy atom. The van der Waals surface area contributed by atoms with E-state index in [9.17, 15) is 5.26 Å². The Kier molecular flexibility index (Phi) is 7.39. The number of nitriles is 1. The summed E-state index contributed by atoms with van der Waals surface area (Å²) in [6.07, 6.45) is 3.40. The molecule has 0 saturated carbocycles. The van der Waals surface area contributed by atoms with Crippen LogP contribution in [0.1, 0.15) is 49.4 Å². The fourth-order valence-corrected chi connectivity index (χ4v) is 5.17. The summed E-state index contributed by atoms with van der Waals surface area (Å²) in [5, 5.41) is 24.0. The highest BCUT2D eigenvalue weighted by Crippen LogP contribution is 2.39. The molecule has 0 amide bonds. The molecular formula is C26H31N5OS. The summed E-state index contributed by atoms with van der Waals surface area (Å²) in [6.45, 7) is 5.91. The van der Waals surface area contributed by atoms with Crippen LogP contribution in [0.15, 0.2) is 36.4 Å². The van der Waals surface area contributed by atoms with Crippen molar-refractivity contribution in [2.24, 2.45) is 0 Å². The van der Waals surface area contributed by atoms with Crippen molar-refractivity contribution in [1.29, 1.82) is 5.26 Å². The number of likely N-dealkylation sites (N-methyl/N-ethyl adjacent to an activating group) is 1. The number of ether oxygens (including phenoxy) is 1. The lowest BCUT2D eigenvalue weighted by Gasteiger charge is -2.28. The van der Waals surface area contributed by atoms with E-state index in [1.807, 2.05) is 32.0 Å². The monoisotopic (exact) mass is 461 g/mol. The fourth-order valence-electron chi connectivity index (χ4n) is 4.28. The van der Waals surface area contributed by atoms with E-state index >= 15 is 0 Å². The maximum Gasteiger partial charge on any atom is 0.148 e. The van der Waals surface area contributed by atoms with Crippen LogP contribution in [0.2, 0.25) is 0 Å². The second kappa shape index (κ2) is 10.4. The number of fused-ring (bicyclic) bond motifs is 1. The van der Waals surface area contributed by atoms with Gasteiger partial charge in [-0.25, -0.2) is 0 Å². The Labute approximate surface area is 200 Å². The third-order valence-electron chi connectivity index (χ3n) is 5.82. The Morgan fingerprint density at radius 3 is 2.79 bits per heavy atom. The van der Waals surface area contributed by atoms with Crippen molar-refractivity contribution in [1.82, 2.24) is 20.4 Å². The normalized spacial score (nSPS) is 15.5. The Bertz CT molecular complexity index is 1150. The van der Waals surface area contributed by atoms with Gasteiger partial charge in [-0.2, -0.15) is 5.26 Å². The minimum atomic E-state index is 0.0153. The molecule has 0 bridgehead atoms. The number of aromatic nitrogens is 2.